The summed E-state index contributed by atoms with van der Waals surface area (Å²) in [5.41, 5.74) is 10.3. The van der Waals surface area contributed by atoms with Crippen LogP contribution in [0.5, 0.6) is 5.75 Å². The number of methoxy groups -OCH3 is 1. The van der Waals surface area contributed by atoms with Crippen LogP contribution in [0.1, 0.15) is 49.8 Å². The van der Waals surface area contributed by atoms with Gasteiger partial charge in [0.15, 0.2) is 0 Å². The van der Waals surface area contributed by atoms with Crippen molar-refractivity contribution in [2.24, 2.45) is 17.6 Å². The lowest BCUT2D eigenvalue weighted by molar-refractivity contribution is 0.157. The van der Waals surface area contributed by atoms with Gasteiger partial charge >= 0.3 is 0 Å². The first kappa shape index (κ1) is 14.4. The van der Waals surface area contributed by atoms with E-state index < -0.39 is 0 Å². The Bertz CT molecular complexity index is 469. The molecule has 0 aromatic heterocycles. The van der Waals surface area contributed by atoms with E-state index in [-0.39, 0.29) is 5.54 Å². The van der Waals surface area contributed by atoms with Crippen molar-refractivity contribution in [3.8, 4) is 5.75 Å². The Kier molecular flexibility index (Phi) is 3.91. The van der Waals surface area contributed by atoms with Gasteiger partial charge in [-0.25, -0.2) is 0 Å². The minimum absolute atomic E-state index is 0.249. The minimum atomic E-state index is -0.249. The quantitative estimate of drug-likeness (QED) is 0.875. The summed E-state index contributed by atoms with van der Waals surface area (Å²) < 4.78 is 5.63. The third-order valence-electron chi connectivity index (χ3n) is 4.79. The summed E-state index contributed by atoms with van der Waals surface area (Å²) in [5, 5.41) is 0. The van der Waals surface area contributed by atoms with Gasteiger partial charge in [0.1, 0.15) is 5.75 Å². The third kappa shape index (κ3) is 2.51. The molecule has 0 heterocycles. The summed E-state index contributed by atoms with van der Waals surface area (Å²) in [6.07, 6.45) is 3.54. The lowest BCUT2D eigenvalue weighted by atomic mass is 9.66. The second kappa shape index (κ2) is 5.16. The second-order valence-electron chi connectivity index (χ2n) is 6.49. The lowest BCUT2D eigenvalue weighted by Gasteiger charge is -2.44. The smallest absolute Gasteiger partial charge is 0.124 e. The molecule has 0 spiro atoms. The molecule has 0 amide bonds. The van der Waals surface area contributed by atoms with Crippen molar-refractivity contribution >= 4 is 0 Å². The average molecular weight is 261 g/mol. The molecule has 1 aliphatic rings. The van der Waals surface area contributed by atoms with Crippen molar-refractivity contribution in [3.63, 3.8) is 0 Å². The van der Waals surface area contributed by atoms with Crippen LogP contribution in [-0.4, -0.2) is 7.11 Å². The molecule has 0 radical (unpaired) electrons. The number of hydrogen-bond acceptors (Lipinski definition) is 2. The Morgan fingerprint density at radius 3 is 2.53 bits per heavy atom. The van der Waals surface area contributed by atoms with Crippen LogP contribution in [-0.2, 0) is 5.54 Å². The zero-order valence-electron chi connectivity index (χ0n) is 12.9. The molecule has 1 saturated carbocycles. The molecular weight excluding hydrogens is 234 g/mol. The Morgan fingerprint density at radius 2 is 1.89 bits per heavy atom. The van der Waals surface area contributed by atoms with Crippen LogP contribution in [0.2, 0.25) is 0 Å². The molecule has 0 bridgehead atoms. The van der Waals surface area contributed by atoms with E-state index in [0.717, 1.165) is 12.2 Å². The van der Waals surface area contributed by atoms with Crippen molar-refractivity contribution < 1.29 is 4.74 Å². The van der Waals surface area contributed by atoms with Gasteiger partial charge in [-0.15, -0.1) is 0 Å². The summed E-state index contributed by atoms with van der Waals surface area (Å²) in [4.78, 5) is 0. The van der Waals surface area contributed by atoms with E-state index in [1.165, 1.54) is 29.5 Å². The van der Waals surface area contributed by atoms with Gasteiger partial charge < -0.3 is 10.5 Å². The van der Waals surface area contributed by atoms with Crippen molar-refractivity contribution in [2.45, 2.75) is 52.5 Å². The van der Waals surface area contributed by atoms with Gasteiger partial charge in [-0.1, -0.05) is 26.3 Å². The van der Waals surface area contributed by atoms with E-state index in [0.29, 0.717) is 11.8 Å². The van der Waals surface area contributed by atoms with Gasteiger partial charge in [0.2, 0.25) is 0 Å². The van der Waals surface area contributed by atoms with E-state index in [2.05, 4.69) is 39.8 Å². The van der Waals surface area contributed by atoms with Crippen LogP contribution in [0, 0.1) is 25.7 Å². The Labute approximate surface area is 117 Å². The van der Waals surface area contributed by atoms with Gasteiger partial charge in [0.25, 0.3) is 0 Å². The molecule has 19 heavy (non-hydrogen) atoms. The van der Waals surface area contributed by atoms with Crippen molar-refractivity contribution in [1.82, 2.24) is 0 Å². The van der Waals surface area contributed by atoms with Crippen LogP contribution in [0.25, 0.3) is 0 Å². The highest BCUT2D eigenvalue weighted by molar-refractivity contribution is 5.48. The Hall–Kier alpha value is -1.02. The van der Waals surface area contributed by atoms with Gasteiger partial charge in [-0.2, -0.15) is 0 Å². The summed E-state index contributed by atoms with van der Waals surface area (Å²) in [6, 6.07) is 4.33. The fourth-order valence-electron chi connectivity index (χ4n) is 3.71. The number of aryl methyl sites for hydroxylation is 2. The lowest BCUT2D eigenvalue weighted by Crippen LogP contribution is -2.47. The predicted molar refractivity (Wildman–Crippen MR) is 80.5 cm³/mol. The molecule has 2 N–H and O–H groups in total. The summed E-state index contributed by atoms with van der Waals surface area (Å²) >= 11 is 0. The molecule has 2 heteroatoms. The highest BCUT2D eigenvalue weighted by Crippen LogP contribution is 2.46. The first-order valence-electron chi connectivity index (χ1n) is 7.33. The summed E-state index contributed by atoms with van der Waals surface area (Å²) in [6.45, 7) is 8.86. The highest BCUT2D eigenvalue weighted by atomic mass is 16.5. The molecule has 1 aromatic carbocycles. The SMILES string of the molecule is COc1cc(C)cc(C)c1C1(N)CC(C)CCC1C. The van der Waals surface area contributed by atoms with Crippen LogP contribution in [0.3, 0.4) is 0 Å². The number of nitrogens with two attached hydrogens (primary N) is 1. The molecular formula is C17H27NO. The Morgan fingerprint density at radius 1 is 1.21 bits per heavy atom. The van der Waals surface area contributed by atoms with Crippen LogP contribution >= 0.6 is 0 Å². The standard InChI is InChI=1S/C17H27NO/c1-11-6-7-14(4)17(18,10-11)16-13(3)8-12(2)9-15(16)19-5/h8-9,11,14H,6-7,10,18H2,1-5H3. The maximum absolute atomic E-state index is 6.86. The molecule has 1 aliphatic carbocycles. The Balaban J connectivity index is 2.55. The third-order valence-corrected chi connectivity index (χ3v) is 4.79. The van der Waals surface area contributed by atoms with Gasteiger partial charge in [0, 0.05) is 11.1 Å². The predicted octanol–water partition coefficient (Wildman–Crippen LogP) is 3.92. The zero-order chi connectivity index (χ0) is 14.2. The number of ether oxygens (including phenoxy) is 1. The average Bonchev–Trinajstić information content (AvgIpc) is 2.32. The molecule has 3 atom stereocenters. The maximum atomic E-state index is 6.86. The topological polar surface area (TPSA) is 35.2 Å². The van der Waals surface area contributed by atoms with E-state index >= 15 is 0 Å². The van der Waals surface area contributed by atoms with E-state index in [9.17, 15) is 0 Å². The number of hydrogen-bond donors (Lipinski definition) is 1. The normalized spacial score (nSPS) is 31.3. The molecule has 1 fully saturated rings. The number of rotatable bonds is 2. The van der Waals surface area contributed by atoms with Gasteiger partial charge in [-0.3, -0.25) is 0 Å². The maximum Gasteiger partial charge on any atom is 0.124 e. The molecule has 3 unspecified atom stereocenters. The largest absolute Gasteiger partial charge is 0.496 e. The molecule has 2 rings (SSSR count). The summed E-state index contributed by atoms with van der Waals surface area (Å²) in [5.74, 6) is 2.14. The van der Waals surface area contributed by atoms with Crippen LogP contribution in [0.4, 0.5) is 0 Å². The van der Waals surface area contributed by atoms with E-state index in [1.54, 1.807) is 7.11 Å². The van der Waals surface area contributed by atoms with Gasteiger partial charge in [0.05, 0.1) is 7.11 Å². The molecule has 0 aliphatic heterocycles. The highest BCUT2D eigenvalue weighted by Gasteiger charge is 2.41. The minimum Gasteiger partial charge on any atom is -0.496 e. The van der Waals surface area contributed by atoms with E-state index in [1.807, 2.05) is 0 Å². The monoisotopic (exact) mass is 261 g/mol. The first-order chi connectivity index (χ1) is 8.88. The zero-order valence-corrected chi connectivity index (χ0v) is 12.9. The summed E-state index contributed by atoms with van der Waals surface area (Å²) in [7, 11) is 1.75. The second-order valence-corrected chi connectivity index (χ2v) is 6.49. The first-order valence-corrected chi connectivity index (χ1v) is 7.33. The molecule has 0 saturated heterocycles. The van der Waals surface area contributed by atoms with E-state index in [4.69, 9.17) is 10.5 Å². The molecule has 106 valence electrons. The molecule has 2 nitrogen and oxygen atoms in total. The fourth-order valence-corrected chi connectivity index (χ4v) is 3.71. The van der Waals surface area contributed by atoms with Crippen molar-refractivity contribution in [3.05, 3.63) is 28.8 Å². The molecule has 1 aromatic rings. The van der Waals surface area contributed by atoms with Crippen LogP contribution in [0.15, 0.2) is 12.1 Å². The van der Waals surface area contributed by atoms with Gasteiger partial charge in [-0.05, 0) is 55.7 Å². The van der Waals surface area contributed by atoms with Crippen LogP contribution < -0.4 is 10.5 Å². The number of benzene rings is 1. The van der Waals surface area contributed by atoms with Crippen molar-refractivity contribution in [2.75, 3.05) is 7.11 Å². The van der Waals surface area contributed by atoms with Crippen molar-refractivity contribution in [1.29, 1.82) is 0 Å². The fraction of sp³-hybridized carbons (Fsp3) is 0.647.